The second-order valence-electron chi connectivity index (χ2n) is 4.76. The maximum atomic E-state index is 11.9. The van der Waals surface area contributed by atoms with Gasteiger partial charge in [0.15, 0.2) is 5.84 Å². The van der Waals surface area contributed by atoms with Crippen LogP contribution in [0.3, 0.4) is 0 Å². The number of hydrogen-bond acceptors (Lipinski definition) is 4. The molecule has 0 radical (unpaired) electrons. The van der Waals surface area contributed by atoms with Gasteiger partial charge in [-0.05, 0) is 31.9 Å². The lowest BCUT2D eigenvalue weighted by molar-refractivity contribution is -0.123. The summed E-state index contributed by atoms with van der Waals surface area (Å²) < 4.78 is 0. The van der Waals surface area contributed by atoms with Crippen molar-refractivity contribution in [3.8, 4) is 0 Å². The van der Waals surface area contributed by atoms with Crippen LogP contribution in [0.2, 0.25) is 0 Å². The van der Waals surface area contributed by atoms with Crippen LogP contribution in [0.4, 0.5) is 0 Å². The van der Waals surface area contributed by atoms with Gasteiger partial charge in [-0.3, -0.25) is 9.78 Å². The zero-order valence-corrected chi connectivity index (χ0v) is 11.0. The number of amidine groups is 1. The Hall–Kier alpha value is -2.24. The van der Waals surface area contributed by atoms with E-state index in [1.54, 1.807) is 20.0 Å². The van der Waals surface area contributed by atoms with Gasteiger partial charge in [-0.25, -0.2) is 9.79 Å². The molecule has 100 valence electrons. The van der Waals surface area contributed by atoms with E-state index in [-0.39, 0.29) is 23.0 Å². The molecule has 19 heavy (non-hydrogen) atoms. The Balaban J connectivity index is 2.53. The second-order valence-corrected chi connectivity index (χ2v) is 4.76. The van der Waals surface area contributed by atoms with Crippen LogP contribution < -0.4 is 5.32 Å². The van der Waals surface area contributed by atoms with Gasteiger partial charge in [-0.2, -0.15) is 0 Å². The van der Waals surface area contributed by atoms with Crippen molar-refractivity contribution >= 4 is 17.7 Å². The summed E-state index contributed by atoms with van der Waals surface area (Å²) in [4.78, 5) is 31.5. The molecule has 2 rings (SSSR count). The van der Waals surface area contributed by atoms with Crippen molar-refractivity contribution < 1.29 is 14.7 Å². The van der Waals surface area contributed by atoms with E-state index in [9.17, 15) is 14.7 Å². The first-order chi connectivity index (χ1) is 8.87. The summed E-state index contributed by atoms with van der Waals surface area (Å²) in [5.41, 5.74) is 0.130. The number of rotatable bonds is 3. The van der Waals surface area contributed by atoms with Gasteiger partial charge < -0.3 is 10.4 Å². The summed E-state index contributed by atoms with van der Waals surface area (Å²) in [7, 11) is 0. The fourth-order valence-electron chi connectivity index (χ4n) is 1.84. The fourth-order valence-corrected chi connectivity index (χ4v) is 1.84. The first kappa shape index (κ1) is 13.2. The van der Waals surface area contributed by atoms with E-state index >= 15 is 0 Å². The van der Waals surface area contributed by atoms with Crippen molar-refractivity contribution in [2.75, 3.05) is 0 Å². The fraction of sp³-hybridized carbons (Fsp3) is 0.385. The molecular weight excluding hydrogens is 246 g/mol. The zero-order chi connectivity index (χ0) is 14.2. The number of carbonyl (C=O) groups excluding carboxylic acids is 1. The first-order valence-corrected chi connectivity index (χ1v) is 5.99. The number of hydrogen-bond donors (Lipinski definition) is 2. The number of pyridine rings is 1. The molecule has 0 bridgehead atoms. The topological polar surface area (TPSA) is 91.7 Å². The van der Waals surface area contributed by atoms with Crippen molar-refractivity contribution in [1.82, 2.24) is 10.3 Å². The Kier molecular flexibility index (Phi) is 3.09. The minimum absolute atomic E-state index is 0.0411. The van der Waals surface area contributed by atoms with Crippen molar-refractivity contribution in [2.45, 2.75) is 32.7 Å². The molecule has 6 heteroatoms. The first-order valence-electron chi connectivity index (χ1n) is 5.99. The Morgan fingerprint density at radius 1 is 1.53 bits per heavy atom. The molecule has 1 aromatic heterocycles. The zero-order valence-electron chi connectivity index (χ0n) is 11.0. The normalized spacial score (nSPS) is 22.1. The Morgan fingerprint density at radius 3 is 2.74 bits per heavy atom. The Labute approximate surface area is 110 Å². The van der Waals surface area contributed by atoms with Crippen LogP contribution in [0, 0.1) is 6.92 Å². The minimum atomic E-state index is -1.09. The minimum Gasteiger partial charge on any atom is -0.478 e. The lowest BCUT2D eigenvalue weighted by Crippen LogP contribution is -2.37. The summed E-state index contributed by atoms with van der Waals surface area (Å²) in [5.74, 6) is -1.09. The van der Waals surface area contributed by atoms with Crippen LogP contribution in [0.15, 0.2) is 17.3 Å². The quantitative estimate of drug-likeness (QED) is 0.853. The van der Waals surface area contributed by atoms with E-state index in [0.29, 0.717) is 6.42 Å². The largest absolute Gasteiger partial charge is 0.478 e. The molecule has 2 heterocycles. The van der Waals surface area contributed by atoms with Crippen LogP contribution in [0.1, 0.15) is 41.9 Å². The highest BCUT2D eigenvalue weighted by atomic mass is 16.4. The molecule has 1 atom stereocenters. The molecule has 2 N–H and O–H groups in total. The molecule has 1 amide bonds. The number of carbonyl (C=O) groups is 2. The Morgan fingerprint density at radius 2 is 2.21 bits per heavy atom. The van der Waals surface area contributed by atoms with Gasteiger partial charge in [-0.1, -0.05) is 6.92 Å². The number of carboxylic acids is 1. The second kappa shape index (κ2) is 4.46. The van der Waals surface area contributed by atoms with Crippen LogP contribution in [-0.4, -0.2) is 33.3 Å². The van der Waals surface area contributed by atoms with E-state index in [2.05, 4.69) is 15.3 Å². The molecule has 0 aromatic carbocycles. The number of aromatic carboxylic acids is 1. The number of nitrogens with one attached hydrogen (secondary N) is 1. The number of amides is 1. The van der Waals surface area contributed by atoms with E-state index in [1.165, 1.54) is 6.07 Å². The Bertz CT molecular complexity index is 595. The van der Waals surface area contributed by atoms with Gasteiger partial charge in [0.05, 0.1) is 5.56 Å². The molecule has 0 spiro atoms. The monoisotopic (exact) mass is 261 g/mol. The highest BCUT2D eigenvalue weighted by Crippen LogP contribution is 2.22. The van der Waals surface area contributed by atoms with Crippen molar-refractivity contribution in [3.63, 3.8) is 0 Å². The average Bonchev–Trinajstić information content (AvgIpc) is 2.66. The number of nitrogens with zero attached hydrogens (tertiary/aromatic N) is 2. The molecule has 6 nitrogen and oxygen atoms in total. The van der Waals surface area contributed by atoms with E-state index in [0.717, 1.165) is 5.56 Å². The summed E-state index contributed by atoms with van der Waals surface area (Å²) in [6, 6.07) is 1.51. The molecule has 0 saturated heterocycles. The lowest BCUT2D eigenvalue weighted by Gasteiger charge is -2.13. The third kappa shape index (κ3) is 2.21. The van der Waals surface area contributed by atoms with Gasteiger partial charge in [0.25, 0.3) is 5.91 Å². The SMILES string of the molecule is CCC1(C)N=C(c2ncc(C)cc2C(=O)O)NC1=O. The number of aliphatic imine (C=N–C) groups is 1. The average molecular weight is 261 g/mol. The van der Waals surface area contributed by atoms with Crippen LogP contribution >= 0.6 is 0 Å². The third-order valence-corrected chi connectivity index (χ3v) is 3.25. The molecule has 0 fully saturated rings. The van der Waals surface area contributed by atoms with Crippen molar-refractivity contribution in [3.05, 3.63) is 29.1 Å². The molecule has 0 aliphatic carbocycles. The predicted molar refractivity (Wildman–Crippen MR) is 69.3 cm³/mol. The predicted octanol–water partition coefficient (Wildman–Crippen LogP) is 1.13. The van der Waals surface area contributed by atoms with Crippen molar-refractivity contribution in [2.24, 2.45) is 4.99 Å². The summed E-state index contributed by atoms with van der Waals surface area (Å²) >= 11 is 0. The van der Waals surface area contributed by atoms with Gasteiger partial charge in [-0.15, -0.1) is 0 Å². The maximum absolute atomic E-state index is 11.9. The number of aryl methyl sites for hydroxylation is 1. The molecule has 1 aliphatic rings. The van der Waals surface area contributed by atoms with E-state index < -0.39 is 11.5 Å². The number of carboxylic acid groups (broad SMARTS) is 1. The molecule has 1 unspecified atom stereocenters. The summed E-state index contributed by atoms with van der Waals surface area (Å²) in [5, 5.41) is 11.8. The van der Waals surface area contributed by atoms with Crippen LogP contribution in [0.25, 0.3) is 0 Å². The van der Waals surface area contributed by atoms with Crippen LogP contribution in [0.5, 0.6) is 0 Å². The summed E-state index contributed by atoms with van der Waals surface area (Å²) in [6.45, 7) is 5.32. The highest BCUT2D eigenvalue weighted by Gasteiger charge is 2.38. The summed E-state index contributed by atoms with van der Waals surface area (Å²) in [6.07, 6.45) is 2.09. The van der Waals surface area contributed by atoms with E-state index in [4.69, 9.17) is 0 Å². The smallest absolute Gasteiger partial charge is 0.338 e. The van der Waals surface area contributed by atoms with Crippen LogP contribution in [-0.2, 0) is 4.79 Å². The number of aromatic nitrogens is 1. The molecule has 0 saturated carbocycles. The molecule has 1 aliphatic heterocycles. The van der Waals surface area contributed by atoms with Gasteiger partial charge >= 0.3 is 5.97 Å². The lowest BCUT2D eigenvalue weighted by atomic mass is 10.0. The highest BCUT2D eigenvalue weighted by molar-refractivity contribution is 6.17. The maximum Gasteiger partial charge on any atom is 0.338 e. The van der Waals surface area contributed by atoms with Gasteiger partial charge in [0.2, 0.25) is 0 Å². The molecule has 1 aromatic rings. The van der Waals surface area contributed by atoms with Gasteiger partial charge in [0, 0.05) is 6.20 Å². The standard InChI is InChI=1S/C13H15N3O3/c1-4-13(3)12(19)15-10(16-13)9-8(11(17)18)5-7(2)6-14-9/h5-6H,4H2,1-3H3,(H,17,18)(H,15,16,19). The van der Waals surface area contributed by atoms with Crippen molar-refractivity contribution in [1.29, 1.82) is 0 Å². The third-order valence-electron chi connectivity index (χ3n) is 3.25. The van der Waals surface area contributed by atoms with Gasteiger partial charge in [0.1, 0.15) is 11.2 Å². The molecular formula is C13H15N3O3. The van der Waals surface area contributed by atoms with E-state index in [1.807, 2.05) is 6.92 Å².